The summed E-state index contributed by atoms with van der Waals surface area (Å²) in [7, 11) is 1.81. The Hall–Kier alpha value is -1.35. The molecule has 4 heteroatoms. The van der Waals surface area contributed by atoms with Gasteiger partial charge in [-0.25, -0.2) is 0 Å². The van der Waals surface area contributed by atoms with Crippen LogP contribution in [-0.4, -0.2) is 17.2 Å². The fraction of sp³-hybridized carbons (Fsp3) is 0.111. The van der Waals surface area contributed by atoms with Crippen molar-refractivity contribution in [2.45, 2.75) is 0 Å². The number of nitrogens with one attached hydrogen (secondary N) is 1. The molecule has 0 radical (unpaired) electrons. The highest BCUT2D eigenvalue weighted by molar-refractivity contribution is 6.34. The summed E-state index contributed by atoms with van der Waals surface area (Å²) >= 11 is 5.88. The summed E-state index contributed by atoms with van der Waals surface area (Å²) in [5, 5.41) is 13.1. The van der Waals surface area contributed by atoms with E-state index in [1.165, 1.54) is 0 Å². The standard InChI is InChI=1S/C9H8ClN3/c1-11-9-7-5-3-2-4-6(7)8(10)12-13-9/h2-5H,1H3,(H,11,13). The SMILES string of the molecule is CNc1nnc(Cl)c2ccccc12. The van der Waals surface area contributed by atoms with Gasteiger partial charge in [-0.1, -0.05) is 35.9 Å². The lowest BCUT2D eigenvalue weighted by Gasteiger charge is -2.03. The molecule has 0 unspecified atom stereocenters. The highest BCUT2D eigenvalue weighted by Crippen LogP contribution is 2.24. The molecule has 0 atom stereocenters. The molecule has 1 heterocycles. The van der Waals surface area contributed by atoms with E-state index in [-0.39, 0.29) is 0 Å². The Bertz CT molecular complexity index is 442. The summed E-state index contributed by atoms with van der Waals surface area (Å²) in [5.41, 5.74) is 0. The quantitative estimate of drug-likeness (QED) is 0.756. The van der Waals surface area contributed by atoms with E-state index in [1.54, 1.807) is 0 Å². The molecule has 2 rings (SSSR count). The molecular formula is C9H8ClN3. The third kappa shape index (κ3) is 1.31. The predicted molar refractivity (Wildman–Crippen MR) is 54.1 cm³/mol. The van der Waals surface area contributed by atoms with Crippen molar-refractivity contribution in [1.82, 2.24) is 10.2 Å². The lowest BCUT2D eigenvalue weighted by atomic mass is 10.2. The van der Waals surface area contributed by atoms with Gasteiger partial charge >= 0.3 is 0 Å². The van der Waals surface area contributed by atoms with Crippen molar-refractivity contribution in [3.8, 4) is 0 Å². The number of nitrogens with zero attached hydrogens (tertiary/aromatic N) is 2. The molecule has 0 amide bonds. The first-order valence-electron chi connectivity index (χ1n) is 3.91. The van der Waals surface area contributed by atoms with Gasteiger partial charge in [0.15, 0.2) is 11.0 Å². The van der Waals surface area contributed by atoms with Gasteiger partial charge < -0.3 is 5.32 Å². The van der Waals surface area contributed by atoms with E-state index in [9.17, 15) is 0 Å². The maximum atomic E-state index is 5.88. The molecule has 2 aromatic rings. The Labute approximate surface area is 80.7 Å². The zero-order valence-corrected chi connectivity index (χ0v) is 7.84. The molecule has 1 aromatic heterocycles. The van der Waals surface area contributed by atoms with E-state index in [0.29, 0.717) is 5.15 Å². The van der Waals surface area contributed by atoms with E-state index in [0.717, 1.165) is 16.6 Å². The van der Waals surface area contributed by atoms with Crippen LogP contribution in [0.1, 0.15) is 0 Å². The third-order valence-corrected chi connectivity index (χ3v) is 2.16. The molecule has 0 aliphatic carbocycles. The molecule has 0 aliphatic rings. The topological polar surface area (TPSA) is 37.8 Å². The Morgan fingerprint density at radius 3 is 2.54 bits per heavy atom. The second-order valence-electron chi connectivity index (χ2n) is 2.64. The molecule has 0 aliphatic heterocycles. The Balaban J connectivity index is 2.84. The van der Waals surface area contributed by atoms with Crippen LogP contribution in [0.25, 0.3) is 10.8 Å². The lowest BCUT2D eigenvalue weighted by molar-refractivity contribution is 1.05. The number of fused-ring (bicyclic) bond motifs is 1. The average Bonchev–Trinajstić information content (AvgIpc) is 2.19. The van der Waals surface area contributed by atoms with Crippen molar-refractivity contribution in [2.75, 3.05) is 12.4 Å². The van der Waals surface area contributed by atoms with Crippen LogP contribution in [0, 0.1) is 0 Å². The van der Waals surface area contributed by atoms with Crippen molar-refractivity contribution in [2.24, 2.45) is 0 Å². The minimum atomic E-state index is 0.439. The van der Waals surface area contributed by atoms with Crippen LogP contribution < -0.4 is 5.32 Å². The molecule has 0 spiro atoms. The predicted octanol–water partition coefficient (Wildman–Crippen LogP) is 2.32. The van der Waals surface area contributed by atoms with Crippen LogP contribution >= 0.6 is 11.6 Å². The number of hydrogen-bond donors (Lipinski definition) is 1. The van der Waals surface area contributed by atoms with E-state index < -0.39 is 0 Å². The van der Waals surface area contributed by atoms with Crippen LogP contribution in [0.2, 0.25) is 5.15 Å². The van der Waals surface area contributed by atoms with Gasteiger partial charge in [-0.3, -0.25) is 0 Å². The molecule has 0 fully saturated rings. The maximum absolute atomic E-state index is 5.88. The number of rotatable bonds is 1. The minimum Gasteiger partial charge on any atom is -0.371 e. The van der Waals surface area contributed by atoms with Crippen LogP contribution in [0.3, 0.4) is 0 Å². The summed E-state index contributed by atoms with van der Waals surface area (Å²) in [4.78, 5) is 0. The summed E-state index contributed by atoms with van der Waals surface area (Å²) in [6.07, 6.45) is 0. The number of hydrogen-bond acceptors (Lipinski definition) is 3. The highest BCUT2D eigenvalue weighted by Gasteiger charge is 2.04. The zero-order valence-electron chi connectivity index (χ0n) is 7.08. The molecule has 1 N–H and O–H groups in total. The summed E-state index contributed by atoms with van der Waals surface area (Å²) in [6.45, 7) is 0. The molecule has 13 heavy (non-hydrogen) atoms. The first kappa shape index (κ1) is 8.26. The maximum Gasteiger partial charge on any atom is 0.159 e. The molecule has 0 saturated heterocycles. The molecule has 0 bridgehead atoms. The van der Waals surface area contributed by atoms with Gasteiger partial charge in [0.1, 0.15) is 0 Å². The van der Waals surface area contributed by atoms with Gasteiger partial charge in [0.2, 0.25) is 0 Å². The van der Waals surface area contributed by atoms with Crippen molar-refractivity contribution in [1.29, 1.82) is 0 Å². The summed E-state index contributed by atoms with van der Waals surface area (Å²) < 4.78 is 0. The molecule has 3 nitrogen and oxygen atoms in total. The fourth-order valence-electron chi connectivity index (χ4n) is 1.26. The van der Waals surface area contributed by atoms with Crippen molar-refractivity contribution < 1.29 is 0 Å². The normalized spacial score (nSPS) is 10.3. The minimum absolute atomic E-state index is 0.439. The van der Waals surface area contributed by atoms with Gasteiger partial charge in [-0.15, -0.1) is 10.2 Å². The monoisotopic (exact) mass is 193 g/mol. The van der Waals surface area contributed by atoms with Gasteiger partial charge in [0.05, 0.1) is 0 Å². The number of halogens is 1. The fourth-order valence-corrected chi connectivity index (χ4v) is 1.46. The van der Waals surface area contributed by atoms with Gasteiger partial charge in [-0.05, 0) is 0 Å². The van der Waals surface area contributed by atoms with Crippen molar-refractivity contribution >= 4 is 28.2 Å². The Morgan fingerprint density at radius 1 is 1.15 bits per heavy atom. The number of benzene rings is 1. The van der Waals surface area contributed by atoms with Crippen LogP contribution in [0.4, 0.5) is 5.82 Å². The second kappa shape index (κ2) is 3.18. The average molecular weight is 194 g/mol. The largest absolute Gasteiger partial charge is 0.371 e. The summed E-state index contributed by atoms with van der Waals surface area (Å²) in [6, 6.07) is 7.76. The smallest absolute Gasteiger partial charge is 0.159 e. The molecule has 66 valence electrons. The summed E-state index contributed by atoms with van der Waals surface area (Å²) in [5.74, 6) is 0.750. The van der Waals surface area contributed by atoms with Gasteiger partial charge in [-0.2, -0.15) is 0 Å². The van der Waals surface area contributed by atoms with Gasteiger partial charge in [0, 0.05) is 17.8 Å². The molecule has 1 aromatic carbocycles. The molecular weight excluding hydrogens is 186 g/mol. The molecule has 0 saturated carbocycles. The number of aromatic nitrogens is 2. The van der Waals surface area contributed by atoms with Crippen LogP contribution in [-0.2, 0) is 0 Å². The van der Waals surface area contributed by atoms with Gasteiger partial charge in [0.25, 0.3) is 0 Å². The van der Waals surface area contributed by atoms with Crippen molar-refractivity contribution in [3.63, 3.8) is 0 Å². The van der Waals surface area contributed by atoms with E-state index in [1.807, 2.05) is 31.3 Å². The third-order valence-electron chi connectivity index (χ3n) is 1.88. The van der Waals surface area contributed by atoms with E-state index in [2.05, 4.69) is 15.5 Å². The van der Waals surface area contributed by atoms with Crippen molar-refractivity contribution in [3.05, 3.63) is 29.4 Å². The Morgan fingerprint density at radius 2 is 1.85 bits per heavy atom. The Kier molecular flexibility index (Phi) is 2.02. The van der Waals surface area contributed by atoms with E-state index in [4.69, 9.17) is 11.6 Å². The van der Waals surface area contributed by atoms with Crippen LogP contribution in [0.15, 0.2) is 24.3 Å². The lowest BCUT2D eigenvalue weighted by Crippen LogP contribution is -1.96. The van der Waals surface area contributed by atoms with E-state index >= 15 is 0 Å². The first-order valence-corrected chi connectivity index (χ1v) is 4.29. The highest BCUT2D eigenvalue weighted by atomic mass is 35.5. The first-order chi connectivity index (χ1) is 6.33. The second-order valence-corrected chi connectivity index (χ2v) is 2.99. The van der Waals surface area contributed by atoms with Crippen LogP contribution in [0.5, 0.6) is 0 Å². The zero-order chi connectivity index (χ0) is 9.26. The number of anilines is 1.